The van der Waals surface area contributed by atoms with Crippen LogP contribution in [0.3, 0.4) is 0 Å². The fourth-order valence-electron chi connectivity index (χ4n) is 2.61. The van der Waals surface area contributed by atoms with Crippen LogP contribution < -0.4 is 10.6 Å². The van der Waals surface area contributed by atoms with E-state index < -0.39 is 0 Å². The molecule has 1 amide bonds. The molecule has 2 unspecified atom stereocenters. The van der Waals surface area contributed by atoms with Gasteiger partial charge < -0.3 is 10.6 Å². The molecule has 1 aliphatic rings. The molecule has 0 aliphatic carbocycles. The fourth-order valence-corrected chi connectivity index (χ4v) is 2.61. The summed E-state index contributed by atoms with van der Waals surface area (Å²) < 4.78 is 0. The molecule has 18 heavy (non-hydrogen) atoms. The van der Waals surface area contributed by atoms with E-state index >= 15 is 0 Å². The van der Waals surface area contributed by atoms with Crippen LogP contribution in [0.15, 0.2) is 0 Å². The Morgan fingerprint density at radius 1 is 1.28 bits per heavy atom. The number of rotatable bonds is 9. The van der Waals surface area contributed by atoms with Gasteiger partial charge in [0.2, 0.25) is 5.91 Å². The van der Waals surface area contributed by atoms with Crippen molar-refractivity contribution in [3.63, 3.8) is 0 Å². The van der Waals surface area contributed by atoms with Gasteiger partial charge in [0.05, 0.1) is 0 Å². The molecule has 1 fully saturated rings. The molecule has 0 radical (unpaired) electrons. The summed E-state index contributed by atoms with van der Waals surface area (Å²) in [7, 11) is 0. The Bertz CT molecular complexity index is 225. The maximum absolute atomic E-state index is 11.8. The second-order valence-corrected chi connectivity index (χ2v) is 5.63. The molecule has 0 aromatic carbocycles. The van der Waals surface area contributed by atoms with Gasteiger partial charge >= 0.3 is 0 Å². The number of carbonyl (C=O) groups excluding carboxylic acids is 1. The zero-order valence-corrected chi connectivity index (χ0v) is 12.1. The minimum absolute atomic E-state index is 0.241. The molecule has 0 spiro atoms. The smallest absolute Gasteiger partial charge is 0.220 e. The second kappa shape index (κ2) is 9.37. The number of nitrogens with one attached hydrogen (secondary N) is 2. The predicted molar refractivity (Wildman–Crippen MR) is 76.6 cm³/mol. The summed E-state index contributed by atoms with van der Waals surface area (Å²) in [6, 6.07) is 0.326. The van der Waals surface area contributed by atoms with Crippen molar-refractivity contribution >= 4 is 5.91 Å². The minimum Gasteiger partial charge on any atom is -0.353 e. The van der Waals surface area contributed by atoms with E-state index in [1.54, 1.807) is 0 Å². The van der Waals surface area contributed by atoms with Crippen LogP contribution in [0.2, 0.25) is 0 Å². The average Bonchev–Trinajstić information content (AvgIpc) is 2.87. The van der Waals surface area contributed by atoms with Gasteiger partial charge in [0, 0.05) is 12.5 Å². The Morgan fingerprint density at radius 2 is 2.00 bits per heavy atom. The Hall–Kier alpha value is -0.570. The zero-order valence-electron chi connectivity index (χ0n) is 12.1. The number of hydrogen-bond acceptors (Lipinski definition) is 2. The van der Waals surface area contributed by atoms with Crippen molar-refractivity contribution in [1.29, 1.82) is 0 Å². The van der Waals surface area contributed by atoms with Crippen molar-refractivity contribution in [2.24, 2.45) is 5.92 Å². The minimum atomic E-state index is 0.241. The predicted octanol–water partition coefficient (Wildman–Crippen LogP) is 2.85. The molecule has 1 aliphatic heterocycles. The Balaban J connectivity index is 1.99. The van der Waals surface area contributed by atoms with Gasteiger partial charge in [0.25, 0.3) is 0 Å². The largest absolute Gasteiger partial charge is 0.353 e. The van der Waals surface area contributed by atoms with E-state index in [-0.39, 0.29) is 5.91 Å². The van der Waals surface area contributed by atoms with Crippen LogP contribution in [0.25, 0.3) is 0 Å². The summed E-state index contributed by atoms with van der Waals surface area (Å²) in [5.41, 5.74) is 0. The quantitative estimate of drug-likeness (QED) is 0.621. The van der Waals surface area contributed by atoms with Gasteiger partial charge in [-0.25, -0.2) is 0 Å². The summed E-state index contributed by atoms with van der Waals surface area (Å²) in [6.07, 6.45) is 9.36. The second-order valence-electron chi connectivity index (χ2n) is 5.63. The first kappa shape index (κ1) is 15.5. The Labute approximate surface area is 112 Å². The van der Waals surface area contributed by atoms with Gasteiger partial charge in [-0.15, -0.1) is 0 Å². The Kier molecular flexibility index (Phi) is 8.06. The third-order valence-electron chi connectivity index (χ3n) is 3.95. The monoisotopic (exact) mass is 254 g/mol. The highest BCUT2D eigenvalue weighted by atomic mass is 16.1. The van der Waals surface area contributed by atoms with Crippen molar-refractivity contribution in [2.75, 3.05) is 13.1 Å². The summed E-state index contributed by atoms with van der Waals surface area (Å²) in [5, 5.41) is 6.49. The molecule has 0 saturated carbocycles. The van der Waals surface area contributed by atoms with E-state index in [9.17, 15) is 4.79 Å². The summed E-state index contributed by atoms with van der Waals surface area (Å²) in [5.74, 6) is 0.864. The third-order valence-corrected chi connectivity index (χ3v) is 3.95. The summed E-state index contributed by atoms with van der Waals surface area (Å²) in [4.78, 5) is 11.8. The van der Waals surface area contributed by atoms with Crippen molar-refractivity contribution in [3.8, 4) is 0 Å². The van der Waals surface area contributed by atoms with Crippen LogP contribution in [0.1, 0.15) is 65.2 Å². The van der Waals surface area contributed by atoms with Gasteiger partial charge in [-0.05, 0) is 38.8 Å². The van der Waals surface area contributed by atoms with Gasteiger partial charge in [-0.1, -0.05) is 39.0 Å². The van der Waals surface area contributed by atoms with E-state index in [0.29, 0.717) is 18.4 Å². The van der Waals surface area contributed by atoms with Gasteiger partial charge in [0.15, 0.2) is 0 Å². The number of carbonyl (C=O) groups is 1. The van der Waals surface area contributed by atoms with Crippen molar-refractivity contribution < 1.29 is 4.79 Å². The first-order valence-corrected chi connectivity index (χ1v) is 7.74. The molecule has 2 atom stereocenters. The van der Waals surface area contributed by atoms with Gasteiger partial charge in [0.1, 0.15) is 0 Å². The first-order valence-electron chi connectivity index (χ1n) is 7.74. The molecule has 1 saturated heterocycles. The highest BCUT2D eigenvalue weighted by Gasteiger charge is 2.22. The first-order chi connectivity index (χ1) is 8.74. The zero-order chi connectivity index (χ0) is 13.2. The molecular weight excluding hydrogens is 224 g/mol. The molecule has 0 aromatic heterocycles. The normalized spacial score (nSPS) is 20.9. The standard InChI is InChI=1S/C15H30N2O/c1-3-4-5-6-7-8-9-15(18)17-13(2)14-10-11-16-12-14/h13-14,16H,3-12H2,1-2H3,(H,17,18). The van der Waals surface area contributed by atoms with Gasteiger partial charge in [-0.2, -0.15) is 0 Å². The highest BCUT2D eigenvalue weighted by Crippen LogP contribution is 2.13. The third kappa shape index (κ3) is 6.39. The van der Waals surface area contributed by atoms with Crippen molar-refractivity contribution in [3.05, 3.63) is 0 Å². The molecule has 0 aromatic rings. The van der Waals surface area contributed by atoms with Crippen LogP contribution in [0, 0.1) is 5.92 Å². The fraction of sp³-hybridized carbons (Fsp3) is 0.933. The average molecular weight is 254 g/mol. The maximum Gasteiger partial charge on any atom is 0.220 e. The molecule has 1 heterocycles. The van der Waals surface area contributed by atoms with Crippen LogP contribution >= 0.6 is 0 Å². The molecule has 1 rings (SSSR count). The molecule has 106 valence electrons. The summed E-state index contributed by atoms with van der Waals surface area (Å²) >= 11 is 0. The number of amides is 1. The van der Waals surface area contributed by atoms with E-state index in [1.165, 1.54) is 38.5 Å². The van der Waals surface area contributed by atoms with E-state index in [4.69, 9.17) is 0 Å². The van der Waals surface area contributed by atoms with E-state index in [2.05, 4.69) is 24.5 Å². The highest BCUT2D eigenvalue weighted by molar-refractivity contribution is 5.76. The lowest BCUT2D eigenvalue weighted by Crippen LogP contribution is -2.38. The van der Waals surface area contributed by atoms with Crippen molar-refractivity contribution in [2.45, 2.75) is 71.3 Å². The van der Waals surface area contributed by atoms with Gasteiger partial charge in [-0.3, -0.25) is 4.79 Å². The maximum atomic E-state index is 11.8. The lowest BCUT2D eigenvalue weighted by molar-refractivity contribution is -0.122. The van der Waals surface area contributed by atoms with Crippen molar-refractivity contribution in [1.82, 2.24) is 10.6 Å². The number of unbranched alkanes of at least 4 members (excludes halogenated alkanes) is 5. The molecule has 3 heteroatoms. The molecule has 2 N–H and O–H groups in total. The molecule has 0 bridgehead atoms. The van der Waals surface area contributed by atoms with Crippen LogP contribution in [0.5, 0.6) is 0 Å². The lowest BCUT2D eigenvalue weighted by Gasteiger charge is -2.19. The number of hydrogen-bond donors (Lipinski definition) is 2. The van der Waals surface area contributed by atoms with Crippen LogP contribution in [-0.2, 0) is 4.79 Å². The lowest BCUT2D eigenvalue weighted by atomic mass is 10.0. The Morgan fingerprint density at radius 3 is 2.67 bits per heavy atom. The van der Waals surface area contributed by atoms with E-state index in [1.807, 2.05) is 0 Å². The van der Waals surface area contributed by atoms with Crippen LogP contribution in [0.4, 0.5) is 0 Å². The van der Waals surface area contributed by atoms with E-state index in [0.717, 1.165) is 19.5 Å². The topological polar surface area (TPSA) is 41.1 Å². The molecular formula is C15H30N2O. The molecule has 3 nitrogen and oxygen atoms in total. The SMILES string of the molecule is CCCCCCCCC(=O)NC(C)C1CCNC1. The summed E-state index contributed by atoms with van der Waals surface area (Å²) in [6.45, 7) is 6.52. The van der Waals surface area contributed by atoms with Crippen LogP contribution in [-0.4, -0.2) is 25.0 Å².